The largest absolute Gasteiger partial charge is 0.455 e. The molecule has 0 aromatic carbocycles. The van der Waals surface area contributed by atoms with E-state index in [0.717, 1.165) is 25.7 Å². The van der Waals surface area contributed by atoms with Gasteiger partial charge in [-0.1, -0.05) is 12.8 Å². The second kappa shape index (κ2) is 6.89. The molecule has 0 aromatic rings. The van der Waals surface area contributed by atoms with E-state index in [2.05, 4.69) is 0 Å². The molecule has 1 aliphatic heterocycles. The van der Waals surface area contributed by atoms with Crippen LogP contribution in [0.3, 0.4) is 0 Å². The standard InChI is InChI=1S/C15H22N2O7S/c18-14(8-24-15(19)12-7-13(12)17(20)21)16(10-3-1-2-4-10)11-5-6-25(22,23)9-11/h10-13H,1-9H2. The number of sulfone groups is 1. The average Bonchev–Trinajstić information content (AvgIpc) is 3.04. The number of hydrogen-bond donors (Lipinski definition) is 0. The van der Waals surface area contributed by atoms with E-state index < -0.39 is 45.2 Å². The van der Waals surface area contributed by atoms with Crippen LogP contribution in [0.25, 0.3) is 0 Å². The molecule has 0 bridgehead atoms. The van der Waals surface area contributed by atoms with Crippen molar-refractivity contribution in [2.45, 2.75) is 56.7 Å². The summed E-state index contributed by atoms with van der Waals surface area (Å²) in [6.07, 6.45) is 4.17. The molecule has 10 heteroatoms. The average molecular weight is 374 g/mol. The SMILES string of the molecule is O=C(OCC(=O)N(C1CCCC1)C1CCS(=O)(=O)C1)C1CC1[N+](=O)[O-]. The monoisotopic (exact) mass is 374 g/mol. The van der Waals surface area contributed by atoms with Gasteiger partial charge in [-0.15, -0.1) is 0 Å². The van der Waals surface area contributed by atoms with E-state index in [1.54, 1.807) is 4.90 Å². The Morgan fingerprint density at radius 3 is 2.36 bits per heavy atom. The van der Waals surface area contributed by atoms with Crippen LogP contribution >= 0.6 is 0 Å². The van der Waals surface area contributed by atoms with Crippen molar-refractivity contribution in [3.8, 4) is 0 Å². The van der Waals surface area contributed by atoms with E-state index in [1.165, 1.54) is 0 Å². The van der Waals surface area contributed by atoms with Crippen molar-refractivity contribution >= 4 is 21.7 Å². The van der Waals surface area contributed by atoms with E-state index in [-0.39, 0.29) is 30.0 Å². The summed E-state index contributed by atoms with van der Waals surface area (Å²) in [6.45, 7) is -0.479. The fourth-order valence-corrected chi connectivity index (χ4v) is 5.58. The first kappa shape index (κ1) is 18.1. The number of rotatable bonds is 6. The fourth-order valence-electron chi connectivity index (χ4n) is 3.86. The first-order valence-corrected chi connectivity index (χ1v) is 10.4. The highest BCUT2D eigenvalue weighted by Gasteiger charge is 2.54. The predicted molar refractivity (Wildman–Crippen MR) is 86.0 cm³/mol. The lowest BCUT2D eigenvalue weighted by Crippen LogP contribution is -2.48. The van der Waals surface area contributed by atoms with Gasteiger partial charge in [-0.3, -0.25) is 19.7 Å². The molecule has 3 rings (SSSR count). The van der Waals surface area contributed by atoms with Crippen LogP contribution < -0.4 is 0 Å². The molecule has 0 aromatic heterocycles. The Morgan fingerprint density at radius 2 is 1.84 bits per heavy atom. The summed E-state index contributed by atoms with van der Waals surface area (Å²) in [4.78, 5) is 36.1. The minimum absolute atomic E-state index is 0.0167. The van der Waals surface area contributed by atoms with Crippen molar-refractivity contribution in [1.82, 2.24) is 4.90 Å². The number of hydrogen-bond acceptors (Lipinski definition) is 7. The highest BCUT2D eigenvalue weighted by Crippen LogP contribution is 2.34. The fraction of sp³-hybridized carbons (Fsp3) is 0.867. The van der Waals surface area contributed by atoms with Gasteiger partial charge in [0, 0.05) is 23.4 Å². The van der Waals surface area contributed by atoms with Crippen LogP contribution in [0, 0.1) is 16.0 Å². The molecule has 140 valence electrons. The maximum absolute atomic E-state index is 12.6. The maximum atomic E-state index is 12.6. The number of carbonyl (C=O) groups excluding carboxylic acids is 2. The van der Waals surface area contributed by atoms with Crippen molar-refractivity contribution in [2.75, 3.05) is 18.1 Å². The normalized spacial score (nSPS) is 30.8. The molecule has 3 aliphatic rings. The molecule has 0 N–H and O–H groups in total. The van der Waals surface area contributed by atoms with Crippen molar-refractivity contribution in [1.29, 1.82) is 0 Å². The van der Waals surface area contributed by atoms with Gasteiger partial charge in [-0.2, -0.15) is 0 Å². The number of ether oxygens (including phenoxy) is 1. The number of esters is 1. The minimum atomic E-state index is -3.13. The molecule has 3 fully saturated rings. The molecule has 1 heterocycles. The first-order chi connectivity index (χ1) is 11.8. The van der Waals surface area contributed by atoms with Gasteiger partial charge in [0.1, 0.15) is 5.92 Å². The van der Waals surface area contributed by atoms with Crippen LogP contribution in [-0.4, -0.2) is 66.4 Å². The quantitative estimate of drug-likeness (QED) is 0.368. The van der Waals surface area contributed by atoms with Gasteiger partial charge < -0.3 is 9.64 Å². The summed E-state index contributed by atoms with van der Waals surface area (Å²) in [5.74, 6) is -1.87. The Hall–Kier alpha value is -1.71. The first-order valence-electron chi connectivity index (χ1n) is 8.60. The lowest BCUT2D eigenvalue weighted by molar-refractivity contribution is -0.497. The van der Waals surface area contributed by atoms with Crippen molar-refractivity contribution in [3.63, 3.8) is 0 Å². The Labute approximate surface area is 145 Å². The summed E-state index contributed by atoms with van der Waals surface area (Å²) >= 11 is 0. The van der Waals surface area contributed by atoms with Gasteiger partial charge in [0.2, 0.25) is 6.04 Å². The third-order valence-electron chi connectivity index (χ3n) is 5.28. The Morgan fingerprint density at radius 1 is 1.16 bits per heavy atom. The topological polar surface area (TPSA) is 124 Å². The van der Waals surface area contributed by atoms with Crippen LogP contribution in [0.4, 0.5) is 0 Å². The Balaban J connectivity index is 1.59. The molecule has 25 heavy (non-hydrogen) atoms. The van der Waals surface area contributed by atoms with E-state index in [0.29, 0.717) is 6.42 Å². The van der Waals surface area contributed by atoms with E-state index in [4.69, 9.17) is 4.74 Å². The van der Waals surface area contributed by atoms with Gasteiger partial charge in [-0.05, 0) is 19.3 Å². The summed E-state index contributed by atoms with van der Waals surface area (Å²) < 4.78 is 28.5. The zero-order valence-corrected chi connectivity index (χ0v) is 14.7. The summed E-state index contributed by atoms with van der Waals surface area (Å²) in [5.41, 5.74) is 0. The van der Waals surface area contributed by atoms with E-state index in [9.17, 15) is 28.1 Å². The molecular weight excluding hydrogens is 352 g/mol. The second-order valence-corrected chi connectivity index (χ2v) is 9.33. The molecule has 9 nitrogen and oxygen atoms in total. The van der Waals surface area contributed by atoms with Gasteiger partial charge >= 0.3 is 5.97 Å². The van der Waals surface area contributed by atoms with Crippen LogP contribution in [0.1, 0.15) is 38.5 Å². The van der Waals surface area contributed by atoms with Crippen LogP contribution in [-0.2, 0) is 24.2 Å². The van der Waals surface area contributed by atoms with Crippen molar-refractivity contribution < 1.29 is 27.7 Å². The minimum Gasteiger partial charge on any atom is -0.455 e. The highest BCUT2D eigenvalue weighted by molar-refractivity contribution is 7.91. The van der Waals surface area contributed by atoms with Crippen LogP contribution in [0.5, 0.6) is 0 Å². The molecule has 1 amide bonds. The number of nitrogens with zero attached hydrogens (tertiary/aromatic N) is 2. The molecule has 1 saturated heterocycles. The van der Waals surface area contributed by atoms with E-state index in [1.807, 2.05) is 0 Å². The lowest BCUT2D eigenvalue weighted by Gasteiger charge is -2.33. The molecular formula is C15H22N2O7S. The zero-order chi connectivity index (χ0) is 18.2. The third-order valence-corrected chi connectivity index (χ3v) is 7.03. The predicted octanol–water partition coefficient (Wildman–Crippen LogP) is 0.153. The van der Waals surface area contributed by atoms with Gasteiger partial charge in [0.25, 0.3) is 5.91 Å². The Kier molecular flexibility index (Phi) is 4.99. The van der Waals surface area contributed by atoms with Gasteiger partial charge in [0.05, 0.1) is 11.5 Å². The Bertz CT molecular complexity index is 671. The molecule has 0 spiro atoms. The maximum Gasteiger partial charge on any atom is 0.316 e. The van der Waals surface area contributed by atoms with E-state index >= 15 is 0 Å². The highest BCUT2D eigenvalue weighted by atomic mass is 32.2. The van der Waals surface area contributed by atoms with Gasteiger partial charge in [0.15, 0.2) is 16.4 Å². The summed E-state index contributed by atoms with van der Waals surface area (Å²) in [7, 11) is -3.13. The van der Waals surface area contributed by atoms with Crippen LogP contribution in [0.2, 0.25) is 0 Å². The second-order valence-electron chi connectivity index (χ2n) is 7.10. The number of carbonyl (C=O) groups is 2. The molecule has 0 radical (unpaired) electrons. The number of amides is 1. The van der Waals surface area contributed by atoms with Gasteiger partial charge in [-0.25, -0.2) is 8.42 Å². The zero-order valence-electron chi connectivity index (χ0n) is 13.8. The molecule has 2 aliphatic carbocycles. The van der Waals surface area contributed by atoms with Crippen LogP contribution in [0.15, 0.2) is 0 Å². The summed E-state index contributed by atoms with van der Waals surface area (Å²) in [5, 5.41) is 10.6. The van der Waals surface area contributed by atoms with Crippen molar-refractivity contribution in [3.05, 3.63) is 10.1 Å². The smallest absolute Gasteiger partial charge is 0.316 e. The third kappa shape index (κ3) is 4.10. The number of nitro groups is 1. The lowest BCUT2D eigenvalue weighted by atomic mass is 10.1. The van der Waals surface area contributed by atoms with Crippen molar-refractivity contribution in [2.24, 2.45) is 5.92 Å². The summed E-state index contributed by atoms with van der Waals surface area (Å²) in [6, 6.07) is -1.29. The molecule has 2 saturated carbocycles. The molecule has 3 atom stereocenters. The molecule has 3 unspecified atom stereocenters.